The third-order valence-electron chi connectivity index (χ3n) is 3.84. The number of para-hydroxylation sites is 1. The van der Waals surface area contributed by atoms with E-state index in [2.05, 4.69) is 5.32 Å². The van der Waals surface area contributed by atoms with E-state index in [0.29, 0.717) is 36.8 Å². The molecule has 1 aliphatic heterocycles. The Morgan fingerprint density at radius 1 is 1.39 bits per heavy atom. The quantitative estimate of drug-likeness (QED) is 0.829. The molecule has 1 heterocycles. The lowest BCUT2D eigenvalue weighted by atomic mass is 9.86. The fraction of sp³-hybridized carbons (Fsp3) is 0.500. The number of ether oxygens (including phenoxy) is 2. The van der Waals surface area contributed by atoms with Gasteiger partial charge in [0.15, 0.2) is 6.10 Å². The van der Waals surface area contributed by atoms with Crippen LogP contribution in [0.5, 0.6) is 5.75 Å². The topological polar surface area (TPSA) is 84.9 Å². The van der Waals surface area contributed by atoms with Crippen molar-refractivity contribution in [3.8, 4) is 5.75 Å². The number of carboxylic acids is 1. The van der Waals surface area contributed by atoms with E-state index < -0.39 is 17.6 Å². The van der Waals surface area contributed by atoms with E-state index in [0.717, 1.165) is 0 Å². The average Bonchev–Trinajstić information content (AvgIpc) is 2.49. The molecule has 6 nitrogen and oxygen atoms in total. The Kier molecular flexibility index (Phi) is 5.85. The lowest BCUT2D eigenvalue weighted by Gasteiger charge is -2.37. The Bertz CT molecular complexity index is 571. The molecule has 126 valence electrons. The van der Waals surface area contributed by atoms with Gasteiger partial charge in [0, 0.05) is 13.2 Å². The Morgan fingerprint density at radius 2 is 2.04 bits per heavy atom. The van der Waals surface area contributed by atoms with Gasteiger partial charge < -0.3 is 19.9 Å². The monoisotopic (exact) mass is 341 g/mol. The zero-order valence-electron chi connectivity index (χ0n) is 12.9. The molecule has 1 atom stereocenters. The van der Waals surface area contributed by atoms with Crippen LogP contribution >= 0.6 is 11.6 Å². The third kappa shape index (κ3) is 4.84. The average molecular weight is 342 g/mol. The molecule has 1 amide bonds. The first kappa shape index (κ1) is 17.6. The maximum absolute atomic E-state index is 12.4. The van der Waals surface area contributed by atoms with Gasteiger partial charge in [0.1, 0.15) is 5.75 Å². The second-order valence-corrected chi connectivity index (χ2v) is 6.05. The molecular formula is C16H20ClNO5. The zero-order valence-corrected chi connectivity index (χ0v) is 13.6. The molecule has 2 N–H and O–H groups in total. The summed E-state index contributed by atoms with van der Waals surface area (Å²) in [6.45, 7) is 2.45. The Balaban J connectivity index is 2.03. The zero-order chi connectivity index (χ0) is 16.9. The molecule has 0 aliphatic carbocycles. The summed E-state index contributed by atoms with van der Waals surface area (Å²) in [6.07, 6.45) is -0.00218. The summed E-state index contributed by atoms with van der Waals surface area (Å²) in [5.41, 5.74) is -0.792. The number of amides is 1. The molecule has 2 rings (SSSR count). The largest absolute Gasteiger partial charge is 0.481 e. The van der Waals surface area contributed by atoms with Gasteiger partial charge in [-0.15, -0.1) is 0 Å². The van der Waals surface area contributed by atoms with Crippen molar-refractivity contribution in [2.75, 3.05) is 13.2 Å². The Hall–Kier alpha value is -1.79. The molecule has 1 saturated heterocycles. The molecule has 1 fully saturated rings. The molecule has 1 aromatic carbocycles. The number of hydrogen-bond acceptors (Lipinski definition) is 4. The molecule has 0 bridgehead atoms. The van der Waals surface area contributed by atoms with E-state index >= 15 is 0 Å². The van der Waals surface area contributed by atoms with E-state index in [1.54, 1.807) is 31.2 Å². The summed E-state index contributed by atoms with van der Waals surface area (Å²) in [4.78, 5) is 23.5. The summed E-state index contributed by atoms with van der Waals surface area (Å²) in [7, 11) is 0. The predicted molar refractivity (Wildman–Crippen MR) is 84.7 cm³/mol. The lowest BCUT2D eigenvalue weighted by molar-refractivity contribution is -0.141. The van der Waals surface area contributed by atoms with Crippen LogP contribution in [-0.2, 0) is 14.3 Å². The predicted octanol–water partition coefficient (Wildman–Crippen LogP) is 2.25. The fourth-order valence-electron chi connectivity index (χ4n) is 2.54. The van der Waals surface area contributed by atoms with Crippen molar-refractivity contribution < 1.29 is 24.2 Å². The van der Waals surface area contributed by atoms with Crippen LogP contribution < -0.4 is 10.1 Å². The number of carbonyl (C=O) groups excluding carboxylic acids is 1. The molecule has 23 heavy (non-hydrogen) atoms. The third-order valence-corrected chi connectivity index (χ3v) is 4.15. The van der Waals surface area contributed by atoms with Crippen molar-refractivity contribution in [2.45, 2.75) is 37.8 Å². The maximum atomic E-state index is 12.4. The van der Waals surface area contributed by atoms with Gasteiger partial charge in [-0.3, -0.25) is 9.59 Å². The molecule has 1 aromatic rings. The minimum absolute atomic E-state index is 0.138. The molecule has 0 radical (unpaired) electrons. The van der Waals surface area contributed by atoms with Gasteiger partial charge in [-0.2, -0.15) is 0 Å². The number of halogens is 1. The summed E-state index contributed by atoms with van der Waals surface area (Å²) in [5.74, 6) is -0.906. The van der Waals surface area contributed by atoms with Crippen molar-refractivity contribution in [3.05, 3.63) is 29.3 Å². The molecule has 1 unspecified atom stereocenters. The highest BCUT2D eigenvalue weighted by Gasteiger charge is 2.37. The number of carbonyl (C=O) groups is 2. The van der Waals surface area contributed by atoms with Gasteiger partial charge in [-0.1, -0.05) is 23.7 Å². The first-order chi connectivity index (χ1) is 10.9. The van der Waals surface area contributed by atoms with Gasteiger partial charge in [0.2, 0.25) is 0 Å². The summed E-state index contributed by atoms with van der Waals surface area (Å²) < 4.78 is 10.8. The standard InChI is InChI=1S/C16H20ClNO5/c1-11(23-13-5-3-2-4-12(13)17)15(21)18-16(10-14(19)20)6-8-22-9-7-16/h2-5,11H,6-10H2,1H3,(H,18,21)(H,19,20). The number of hydrogen-bond donors (Lipinski definition) is 2. The van der Waals surface area contributed by atoms with E-state index in [-0.39, 0.29) is 12.3 Å². The number of aliphatic carboxylic acids is 1. The van der Waals surface area contributed by atoms with Crippen LogP contribution in [-0.4, -0.2) is 41.8 Å². The van der Waals surface area contributed by atoms with Gasteiger partial charge in [-0.25, -0.2) is 0 Å². The van der Waals surface area contributed by atoms with Gasteiger partial charge in [-0.05, 0) is 31.9 Å². The SMILES string of the molecule is CC(Oc1ccccc1Cl)C(=O)NC1(CC(=O)O)CCOCC1. The lowest BCUT2D eigenvalue weighted by Crippen LogP contribution is -2.56. The van der Waals surface area contributed by atoms with E-state index in [4.69, 9.17) is 26.2 Å². The van der Waals surface area contributed by atoms with Crippen LogP contribution in [0.3, 0.4) is 0 Å². The van der Waals surface area contributed by atoms with Gasteiger partial charge in [0.05, 0.1) is 17.0 Å². The number of carboxylic acid groups (broad SMARTS) is 1. The van der Waals surface area contributed by atoms with Gasteiger partial charge in [0.25, 0.3) is 5.91 Å². The summed E-state index contributed by atoms with van der Waals surface area (Å²) >= 11 is 6.01. The van der Waals surface area contributed by atoms with E-state index in [9.17, 15) is 9.59 Å². The molecule has 0 spiro atoms. The van der Waals surface area contributed by atoms with Crippen molar-refractivity contribution in [2.24, 2.45) is 0 Å². The van der Waals surface area contributed by atoms with Crippen molar-refractivity contribution in [3.63, 3.8) is 0 Å². The highest BCUT2D eigenvalue weighted by molar-refractivity contribution is 6.32. The number of rotatable bonds is 6. The van der Waals surface area contributed by atoms with Crippen LogP contribution in [0.2, 0.25) is 5.02 Å². The molecular weight excluding hydrogens is 322 g/mol. The molecule has 0 aromatic heterocycles. The number of benzene rings is 1. The van der Waals surface area contributed by atoms with Crippen LogP contribution in [0.25, 0.3) is 0 Å². The summed E-state index contributed by atoms with van der Waals surface area (Å²) in [5, 5.41) is 12.4. The first-order valence-electron chi connectivity index (χ1n) is 7.45. The number of nitrogens with one attached hydrogen (secondary N) is 1. The molecule has 7 heteroatoms. The fourth-order valence-corrected chi connectivity index (χ4v) is 2.73. The second-order valence-electron chi connectivity index (χ2n) is 5.64. The van der Waals surface area contributed by atoms with Crippen LogP contribution in [0.1, 0.15) is 26.2 Å². The smallest absolute Gasteiger partial charge is 0.305 e. The normalized spacial score (nSPS) is 18.0. The minimum Gasteiger partial charge on any atom is -0.481 e. The second kappa shape index (κ2) is 7.66. The van der Waals surface area contributed by atoms with Crippen molar-refractivity contribution in [1.29, 1.82) is 0 Å². The van der Waals surface area contributed by atoms with Crippen LogP contribution in [0, 0.1) is 0 Å². The van der Waals surface area contributed by atoms with Crippen molar-refractivity contribution >= 4 is 23.5 Å². The van der Waals surface area contributed by atoms with Crippen LogP contribution in [0.15, 0.2) is 24.3 Å². The highest BCUT2D eigenvalue weighted by Crippen LogP contribution is 2.26. The first-order valence-corrected chi connectivity index (χ1v) is 7.82. The Morgan fingerprint density at radius 3 is 2.65 bits per heavy atom. The van der Waals surface area contributed by atoms with Crippen LogP contribution in [0.4, 0.5) is 0 Å². The Labute approximate surface area is 139 Å². The summed E-state index contributed by atoms with van der Waals surface area (Å²) in [6, 6.07) is 6.87. The highest BCUT2D eigenvalue weighted by atomic mass is 35.5. The molecule has 0 saturated carbocycles. The minimum atomic E-state index is -0.952. The van der Waals surface area contributed by atoms with Gasteiger partial charge >= 0.3 is 5.97 Å². The van der Waals surface area contributed by atoms with E-state index in [1.807, 2.05) is 0 Å². The van der Waals surface area contributed by atoms with Crippen molar-refractivity contribution in [1.82, 2.24) is 5.32 Å². The molecule has 1 aliphatic rings. The maximum Gasteiger partial charge on any atom is 0.305 e. The van der Waals surface area contributed by atoms with E-state index in [1.165, 1.54) is 0 Å².